The Labute approximate surface area is 62.9 Å². The monoisotopic (exact) mass is 161 g/mol. The molecule has 0 bridgehead atoms. The van der Waals surface area contributed by atoms with Gasteiger partial charge in [0.05, 0.1) is 5.54 Å². The van der Waals surface area contributed by atoms with Crippen LogP contribution in [-0.2, 0) is 10.9 Å². The van der Waals surface area contributed by atoms with Crippen molar-refractivity contribution in [3.63, 3.8) is 0 Å². The van der Waals surface area contributed by atoms with Gasteiger partial charge in [-0.15, -0.1) is 5.92 Å². The highest BCUT2D eigenvalue weighted by Gasteiger charge is 2.12. The minimum absolute atomic E-state index is 0.635. The molecule has 4 heteroatoms. The van der Waals surface area contributed by atoms with Gasteiger partial charge in [0.15, 0.2) is 0 Å². The highest BCUT2D eigenvalue weighted by molar-refractivity contribution is 7.70. The highest BCUT2D eigenvalue weighted by atomic mass is 32.2. The molecule has 0 amide bonds. The topological polar surface area (TPSA) is 46.2 Å². The fraction of sp³-hybridized carbons (Fsp3) is 0.667. The predicted molar refractivity (Wildman–Crippen MR) is 41.0 cm³/mol. The van der Waals surface area contributed by atoms with Gasteiger partial charge in [-0.25, -0.2) is 13.1 Å². The van der Waals surface area contributed by atoms with Gasteiger partial charge in [0.2, 0.25) is 10.9 Å². The maximum absolute atomic E-state index is 10.1. The molecule has 0 aliphatic carbocycles. The standard InChI is InChI=1S/C6H11NO2S/c1-4-5-6(2,3)7-10(8)9/h10H,1-3H3,(H,7,8,9). The normalized spacial score (nSPS) is 10.8. The first-order valence-electron chi connectivity index (χ1n) is 2.84. The molecule has 0 aromatic rings. The second-order valence-electron chi connectivity index (χ2n) is 2.37. The first kappa shape index (κ1) is 9.47. The van der Waals surface area contributed by atoms with Gasteiger partial charge in [-0.3, -0.25) is 0 Å². The van der Waals surface area contributed by atoms with E-state index in [9.17, 15) is 8.42 Å². The average molecular weight is 161 g/mol. The van der Waals surface area contributed by atoms with Gasteiger partial charge in [-0.05, 0) is 20.8 Å². The smallest absolute Gasteiger partial charge is 0.202 e. The Kier molecular flexibility index (Phi) is 3.40. The summed E-state index contributed by atoms with van der Waals surface area (Å²) in [5.41, 5.74) is -0.635. The summed E-state index contributed by atoms with van der Waals surface area (Å²) in [6, 6.07) is 0. The van der Waals surface area contributed by atoms with Crippen molar-refractivity contribution >= 4 is 10.9 Å². The summed E-state index contributed by atoms with van der Waals surface area (Å²) in [5, 5.41) is 0. The van der Waals surface area contributed by atoms with Crippen LogP contribution in [0.5, 0.6) is 0 Å². The van der Waals surface area contributed by atoms with E-state index < -0.39 is 16.4 Å². The van der Waals surface area contributed by atoms with Crippen LogP contribution >= 0.6 is 0 Å². The van der Waals surface area contributed by atoms with Crippen molar-refractivity contribution < 1.29 is 8.42 Å². The average Bonchev–Trinajstić information content (AvgIpc) is 1.59. The highest BCUT2D eigenvalue weighted by Crippen LogP contribution is 1.97. The Hall–Kier alpha value is -0.530. The third-order valence-corrected chi connectivity index (χ3v) is 1.55. The van der Waals surface area contributed by atoms with Crippen molar-refractivity contribution in [2.45, 2.75) is 26.3 Å². The van der Waals surface area contributed by atoms with E-state index >= 15 is 0 Å². The summed E-state index contributed by atoms with van der Waals surface area (Å²) in [5.74, 6) is 5.34. The molecular formula is C6H11NO2S. The van der Waals surface area contributed by atoms with Gasteiger partial charge in [-0.1, -0.05) is 5.92 Å². The van der Waals surface area contributed by atoms with Crippen molar-refractivity contribution in [3.8, 4) is 11.8 Å². The van der Waals surface area contributed by atoms with Crippen molar-refractivity contribution in [3.05, 3.63) is 0 Å². The van der Waals surface area contributed by atoms with Crippen LogP contribution < -0.4 is 4.72 Å². The molecule has 58 valence electrons. The lowest BCUT2D eigenvalue weighted by Gasteiger charge is -2.13. The van der Waals surface area contributed by atoms with Crippen molar-refractivity contribution in [2.24, 2.45) is 0 Å². The minimum Gasteiger partial charge on any atom is -0.215 e. The number of rotatable bonds is 2. The van der Waals surface area contributed by atoms with E-state index in [0.29, 0.717) is 0 Å². The van der Waals surface area contributed by atoms with Crippen LogP contribution in [0.25, 0.3) is 0 Å². The summed E-state index contributed by atoms with van der Waals surface area (Å²) in [4.78, 5) is 0. The molecule has 0 aliphatic rings. The van der Waals surface area contributed by atoms with E-state index in [1.807, 2.05) is 0 Å². The minimum atomic E-state index is -2.55. The summed E-state index contributed by atoms with van der Waals surface area (Å²) in [7, 11) is -2.55. The number of nitrogens with one attached hydrogen (secondary N) is 1. The SMILES string of the molecule is CC#CC(C)(C)N[SH](=O)=O. The Morgan fingerprint density at radius 3 is 2.20 bits per heavy atom. The van der Waals surface area contributed by atoms with E-state index in [2.05, 4.69) is 16.6 Å². The van der Waals surface area contributed by atoms with Gasteiger partial charge in [0, 0.05) is 0 Å². The number of hydrogen-bond donors (Lipinski definition) is 2. The van der Waals surface area contributed by atoms with Crippen LogP contribution in [0.15, 0.2) is 0 Å². The lowest BCUT2D eigenvalue weighted by molar-refractivity contribution is 0.556. The molecule has 0 heterocycles. The number of thiol groups is 1. The van der Waals surface area contributed by atoms with Crippen LogP contribution in [-0.4, -0.2) is 14.0 Å². The molecule has 0 aromatic carbocycles. The summed E-state index contributed by atoms with van der Waals surface area (Å²) >= 11 is 0. The van der Waals surface area contributed by atoms with Crippen LogP contribution in [0, 0.1) is 11.8 Å². The zero-order valence-electron chi connectivity index (χ0n) is 6.26. The molecule has 3 nitrogen and oxygen atoms in total. The zero-order valence-corrected chi connectivity index (χ0v) is 7.16. The van der Waals surface area contributed by atoms with E-state index in [1.165, 1.54) is 0 Å². The van der Waals surface area contributed by atoms with Crippen LogP contribution in [0.4, 0.5) is 0 Å². The molecule has 0 rings (SSSR count). The molecule has 0 radical (unpaired) electrons. The predicted octanol–water partition coefficient (Wildman–Crippen LogP) is -0.0957. The molecule has 0 fully saturated rings. The van der Waals surface area contributed by atoms with Crippen LogP contribution in [0.3, 0.4) is 0 Å². The van der Waals surface area contributed by atoms with Crippen LogP contribution in [0.1, 0.15) is 20.8 Å². The van der Waals surface area contributed by atoms with Gasteiger partial charge in [0.1, 0.15) is 0 Å². The van der Waals surface area contributed by atoms with Crippen molar-refractivity contribution in [1.82, 2.24) is 4.72 Å². The second-order valence-corrected chi connectivity index (χ2v) is 3.11. The second kappa shape index (κ2) is 3.59. The lowest BCUT2D eigenvalue weighted by Crippen LogP contribution is -2.36. The van der Waals surface area contributed by atoms with Gasteiger partial charge >= 0.3 is 0 Å². The van der Waals surface area contributed by atoms with E-state index in [1.54, 1.807) is 20.8 Å². The van der Waals surface area contributed by atoms with Gasteiger partial charge < -0.3 is 0 Å². The third kappa shape index (κ3) is 4.36. The first-order valence-corrected chi connectivity index (χ1v) is 4.02. The Morgan fingerprint density at radius 2 is 1.90 bits per heavy atom. The lowest BCUT2D eigenvalue weighted by atomic mass is 10.1. The fourth-order valence-corrected chi connectivity index (χ4v) is 1.08. The summed E-state index contributed by atoms with van der Waals surface area (Å²) in [6.07, 6.45) is 0. The zero-order chi connectivity index (χ0) is 8.20. The van der Waals surface area contributed by atoms with Crippen molar-refractivity contribution in [1.29, 1.82) is 0 Å². The molecule has 0 atom stereocenters. The Morgan fingerprint density at radius 1 is 1.40 bits per heavy atom. The Balaban J connectivity index is 4.22. The molecule has 0 aromatic heterocycles. The molecule has 0 saturated heterocycles. The number of hydrogen-bond acceptors (Lipinski definition) is 2. The van der Waals surface area contributed by atoms with Crippen LogP contribution in [0.2, 0.25) is 0 Å². The fourth-order valence-electron chi connectivity index (χ4n) is 0.569. The maximum Gasteiger partial charge on any atom is 0.202 e. The molecule has 0 spiro atoms. The van der Waals surface area contributed by atoms with E-state index in [-0.39, 0.29) is 0 Å². The largest absolute Gasteiger partial charge is 0.215 e. The summed E-state index contributed by atoms with van der Waals surface area (Å²) in [6.45, 7) is 5.07. The quantitative estimate of drug-likeness (QED) is 0.439. The maximum atomic E-state index is 10.1. The molecule has 10 heavy (non-hydrogen) atoms. The summed E-state index contributed by atoms with van der Waals surface area (Å²) < 4.78 is 22.6. The third-order valence-electron chi connectivity index (χ3n) is 0.808. The molecule has 1 N–H and O–H groups in total. The molecular weight excluding hydrogens is 150 g/mol. The van der Waals surface area contributed by atoms with Gasteiger partial charge in [0.25, 0.3) is 0 Å². The van der Waals surface area contributed by atoms with E-state index in [4.69, 9.17) is 0 Å². The van der Waals surface area contributed by atoms with Crippen molar-refractivity contribution in [2.75, 3.05) is 0 Å². The molecule has 0 aliphatic heterocycles. The van der Waals surface area contributed by atoms with E-state index in [0.717, 1.165) is 0 Å². The molecule has 0 saturated carbocycles. The van der Waals surface area contributed by atoms with Gasteiger partial charge in [-0.2, -0.15) is 0 Å². The molecule has 0 unspecified atom stereocenters. The first-order chi connectivity index (χ1) is 4.48. The Bertz CT molecular complexity index is 224.